The van der Waals surface area contributed by atoms with E-state index in [1.807, 2.05) is 12.1 Å². The normalized spacial score (nSPS) is 11.3. The van der Waals surface area contributed by atoms with Crippen LogP contribution in [0.3, 0.4) is 0 Å². The minimum Gasteiger partial charge on any atom is -0.311 e. The van der Waals surface area contributed by atoms with Crippen LogP contribution in [0.15, 0.2) is 24.3 Å². The van der Waals surface area contributed by atoms with Crippen molar-refractivity contribution in [2.75, 3.05) is 6.54 Å². The van der Waals surface area contributed by atoms with Crippen LogP contribution in [0, 0.1) is 5.92 Å². The fourth-order valence-corrected chi connectivity index (χ4v) is 1.91. The largest absolute Gasteiger partial charge is 0.311 e. The molecule has 0 fully saturated rings. The molecular weight excluding hydrogens is 258 g/mol. The number of rotatable bonds is 6. The van der Waals surface area contributed by atoms with Gasteiger partial charge in [-0.25, -0.2) is 0 Å². The Bertz CT molecular complexity index is 396. The van der Waals surface area contributed by atoms with Gasteiger partial charge in [0.1, 0.15) is 0 Å². The van der Waals surface area contributed by atoms with E-state index < -0.39 is 0 Å². The zero-order chi connectivity index (χ0) is 13.8. The van der Waals surface area contributed by atoms with Crippen LogP contribution in [0.2, 0.25) is 0 Å². The van der Waals surface area contributed by atoms with E-state index >= 15 is 0 Å². The molecule has 0 atom stereocenters. The number of carbonyl (C=O) groups is 1. The van der Waals surface area contributed by atoms with Crippen LogP contribution >= 0.6 is 12.4 Å². The van der Waals surface area contributed by atoms with Gasteiger partial charge in [0.2, 0.25) is 0 Å². The first-order valence-electron chi connectivity index (χ1n) is 6.65. The molecule has 0 heterocycles. The topological polar surface area (TPSA) is 29.1 Å². The van der Waals surface area contributed by atoms with Gasteiger partial charge in [-0.3, -0.25) is 4.79 Å². The second kappa shape index (κ2) is 7.66. The minimum absolute atomic E-state index is 0. The van der Waals surface area contributed by atoms with Crippen molar-refractivity contribution in [3.8, 4) is 0 Å². The van der Waals surface area contributed by atoms with E-state index in [4.69, 9.17) is 0 Å². The van der Waals surface area contributed by atoms with Gasteiger partial charge in [-0.2, -0.15) is 0 Å². The van der Waals surface area contributed by atoms with E-state index in [9.17, 15) is 4.79 Å². The Hall–Kier alpha value is -0.860. The number of Topliss-reactive ketones (excluding diaryl/α,β-unsaturated/α-hetero) is 1. The SMILES string of the molecule is CC(=O)c1ccc(CC(C)(C)NCC(C)C)cc1.Cl. The molecule has 0 radical (unpaired) electrons. The van der Waals surface area contributed by atoms with Crippen molar-refractivity contribution < 1.29 is 4.79 Å². The second-order valence-corrected chi connectivity index (χ2v) is 6.09. The first-order chi connectivity index (χ1) is 8.30. The van der Waals surface area contributed by atoms with Crippen LogP contribution in [0.1, 0.15) is 50.5 Å². The summed E-state index contributed by atoms with van der Waals surface area (Å²) < 4.78 is 0. The molecule has 0 amide bonds. The molecule has 0 bridgehead atoms. The number of benzene rings is 1. The van der Waals surface area contributed by atoms with Crippen LogP contribution in [-0.2, 0) is 6.42 Å². The molecular formula is C16H26ClNO. The number of carbonyl (C=O) groups excluding carboxylic acids is 1. The Morgan fingerprint density at radius 2 is 1.74 bits per heavy atom. The van der Waals surface area contributed by atoms with Gasteiger partial charge in [-0.1, -0.05) is 38.1 Å². The van der Waals surface area contributed by atoms with Gasteiger partial charge in [-0.05, 0) is 45.2 Å². The maximum Gasteiger partial charge on any atom is 0.159 e. The molecule has 19 heavy (non-hydrogen) atoms. The fraction of sp³-hybridized carbons (Fsp3) is 0.562. The Morgan fingerprint density at radius 1 is 1.21 bits per heavy atom. The minimum atomic E-state index is 0. The molecule has 0 spiro atoms. The summed E-state index contributed by atoms with van der Waals surface area (Å²) in [5, 5.41) is 3.58. The molecule has 0 saturated heterocycles. The lowest BCUT2D eigenvalue weighted by atomic mass is 9.93. The highest BCUT2D eigenvalue weighted by Gasteiger charge is 2.17. The van der Waals surface area contributed by atoms with Crippen molar-refractivity contribution in [3.63, 3.8) is 0 Å². The van der Waals surface area contributed by atoms with Gasteiger partial charge >= 0.3 is 0 Å². The molecule has 108 valence electrons. The number of hydrogen-bond donors (Lipinski definition) is 1. The number of hydrogen-bond acceptors (Lipinski definition) is 2. The molecule has 2 nitrogen and oxygen atoms in total. The summed E-state index contributed by atoms with van der Waals surface area (Å²) in [6, 6.07) is 7.93. The predicted octanol–water partition coefficient (Wildman–Crippen LogP) is 3.88. The fourth-order valence-electron chi connectivity index (χ4n) is 1.91. The first-order valence-corrected chi connectivity index (χ1v) is 6.65. The van der Waals surface area contributed by atoms with Crippen LogP contribution < -0.4 is 5.32 Å². The third-order valence-corrected chi connectivity index (χ3v) is 3.00. The lowest BCUT2D eigenvalue weighted by molar-refractivity contribution is 0.101. The molecule has 1 rings (SSSR count). The molecule has 0 saturated carbocycles. The maximum atomic E-state index is 11.2. The van der Waals surface area contributed by atoms with Crippen molar-refractivity contribution in [2.45, 2.75) is 46.6 Å². The molecule has 0 unspecified atom stereocenters. The highest BCUT2D eigenvalue weighted by atomic mass is 35.5. The lowest BCUT2D eigenvalue weighted by Crippen LogP contribution is -2.43. The van der Waals surface area contributed by atoms with Gasteiger partial charge in [0, 0.05) is 11.1 Å². The molecule has 1 aromatic rings. The third kappa shape index (κ3) is 6.74. The quantitative estimate of drug-likeness (QED) is 0.803. The van der Waals surface area contributed by atoms with E-state index in [-0.39, 0.29) is 23.7 Å². The molecule has 3 heteroatoms. The number of ketones is 1. The Kier molecular flexibility index (Phi) is 7.32. The molecule has 0 aliphatic rings. The molecule has 1 N–H and O–H groups in total. The predicted molar refractivity (Wildman–Crippen MR) is 84.3 cm³/mol. The van der Waals surface area contributed by atoms with Gasteiger partial charge in [0.05, 0.1) is 0 Å². The van der Waals surface area contributed by atoms with Crippen LogP contribution in [0.25, 0.3) is 0 Å². The average molecular weight is 284 g/mol. The third-order valence-electron chi connectivity index (χ3n) is 3.00. The van der Waals surface area contributed by atoms with E-state index in [0.717, 1.165) is 18.5 Å². The van der Waals surface area contributed by atoms with Crippen molar-refractivity contribution in [3.05, 3.63) is 35.4 Å². The van der Waals surface area contributed by atoms with E-state index in [1.54, 1.807) is 6.92 Å². The maximum absolute atomic E-state index is 11.2. The van der Waals surface area contributed by atoms with Crippen molar-refractivity contribution >= 4 is 18.2 Å². The smallest absolute Gasteiger partial charge is 0.159 e. The second-order valence-electron chi connectivity index (χ2n) is 6.09. The Labute approximate surface area is 123 Å². The zero-order valence-corrected chi connectivity index (χ0v) is 13.4. The van der Waals surface area contributed by atoms with E-state index in [2.05, 4.69) is 45.1 Å². The molecule has 1 aromatic carbocycles. The highest BCUT2D eigenvalue weighted by molar-refractivity contribution is 5.94. The molecule has 0 aliphatic carbocycles. The number of nitrogens with one attached hydrogen (secondary N) is 1. The van der Waals surface area contributed by atoms with Gasteiger partial charge < -0.3 is 5.32 Å². The van der Waals surface area contributed by atoms with E-state index in [1.165, 1.54) is 5.56 Å². The van der Waals surface area contributed by atoms with Crippen LogP contribution in [0.4, 0.5) is 0 Å². The lowest BCUT2D eigenvalue weighted by Gasteiger charge is -2.27. The standard InChI is InChI=1S/C16H25NO.ClH/c1-12(2)11-17-16(4,5)10-14-6-8-15(9-7-14)13(3)18;/h6-9,12,17H,10-11H2,1-5H3;1H. The summed E-state index contributed by atoms with van der Waals surface area (Å²) in [7, 11) is 0. The van der Waals surface area contributed by atoms with E-state index in [0.29, 0.717) is 5.92 Å². The Morgan fingerprint density at radius 3 is 2.16 bits per heavy atom. The average Bonchev–Trinajstić information content (AvgIpc) is 2.27. The summed E-state index contributed by atoms with van der Waals surface area (Å²) >= 11 is 0. The van der Waals surface area contributed by atoms with Gasteiger partial charge in [0.15, 0.2) is 5.78 Å². The summed E-state index contributed by atoms with van der Waals surface area (Å²) in [5.74, 6) is 0.781. The summed E-state index contributed by atoms with van der Waals surface area (Å²) in [6.07, 6.45) is 0.970. The number of halogens is 1. The molecule has 0 aromatic heterocycles. The summed E-state index contributed by atoms with van der Waals surface area (Å²) in [4.78, 5) is 11.2. The van der Waals surface area contributed by atoms with Gasteiger partial charge in [0.25, 0.3) is 0 Å². The van der Waals surface area contributed by atoms with Crippen molar-refractivity contribution in [2.24, 2.45) is 5.92 Å². The molecule has 0 aliphatic heterocycles. The van der Waals surface area contributed by atoms with Crippen molar-refractivity contribution in [1.29, 1.82) is 0 Å². The first kappa shape index (κ1) is 18.1. The summed E-state index contributed by atoms with van der Waals surface area (Å²) in [5.41, 5.74) is 2.13. The monoisotopic (exact) mass is 283 g/mol. The zero-order valence-electron chi connectivity index (χ0n) is 12.6. The van der Waals surface area contributed by atoms with Gasteiger partial charge in [-0.15, -0.1) is 12.4 Å². The van der Waals surface area contributed by atoms with Crippen LogP contribution in [-0.4, -0.2) is 17.9 Å². The Balaban J connectivity index is 0.00000324. The summed E-state index contributed by atoms with van der Waals surface area (Å²) in [6.45, 7) is 11.5. The van der Waals surface area contributed by atoms with Crippen molar-refractivity contribution in [1.82, 2.24) is 5.32 Å². The highest BCUT2D eigenvalue weighted by Crippen LogP contribution is 2.14. The van der Waals surface area contributed by atoms with Crippen LogP contribution in [0.5, 0.6) is 0 Å².